The van der Waals surface area contributed by atoms with Crippen LogP contribution in [0.4, 0.5) is 0 Å². The van der Waals surface area contributed by atoms with E-state index in [9.17, 15) is 8.42 Å². The minimum Gasteiger partial charge on any atom is -0.340 e. The van der Waals surface area contributed by atoms with Crippen LogP contribution < -0.4 is 4.72 Å². The van der Waals surface area contributed by atoms with Crippen molar-refractivity contribution in [3.05, 3.63) is 29.7 Å². The van der Waals surface area contributed by atoms with Gasteiger partial charge in [0.15, 0.2) is 5.15 Å². The van der Waals surface area contributed by atoms with Crippen molar-refractivity contribution < 1.29 is 8.42 Å². The minimum atomic E-state index is -3.49. The predicted octanol–water partition coefficient (Wildman–Crippen LogP) is 1.68. The number of hydrogen-bond donors (Lipinski definition) is 1. The standard InChI is InChI=1S/C12H11ClN4O2S/c1-14-20(18,19)7-3-4-9-8(5-7)10-11(17(9)2)12(13)16-6-15-10/h3-6,14H,1-2H3. The molecule has 1 N–H and O–H groups in total. The first kappa shape index (κ1) is 13.3. The first-order valence-electron chi connectivity index (χ1n) is 5.78. The molecule has 0 amide bonds. The van der Waals surface area contributed by atoms with E-state index in [2.05, 4.69) is 14.7 Å². The summed E-state index contributed by atoms with van der Waals surface area (Å²) in [7, 11) is -0.279. The quantitative estimate of drug-likeness (QED) is 0.731. The molecular formula is C12H11ClN4O2S. The van der Waals surface area contributed by atoms with Gasteiger partial charge in [0.05, 0.1) is 10.4 Å². The van der Waals surface area contributed by atoms with Gasteiger partial charge in [0.1, 0.15) is 17.4 Å². The van der Waals surface area contributed by atoms with Crippen LogP contribution in [-0.2, 0) is 17.1 Å². The van der Waals surface area contributed by atoms with Crippen molar-refractivity contribution in [3.8, 4) is 0 Å². The van der Waals surface area contributed by atoms with Crippen LogP contribution in [0.2, 0.25) is 5.15 Å². The third-order valence-corrected chi connectivity index (χ3v) is 4.97. The number of nitrogens with one attached hydrogen (secondary N) is 1. The van der Waals surface area contributed by atoms with Crippen molar-refractivity contribution in [2.24, 2.45) is 7.05 Å². The van der Waals surface area contributed by atoms with Crippen LogP contribution in [0.1, 0.15) is 0 Å². The van der Waals surface area contributed by atoms with Crippen molar-refractivity contribution in [2.75, 3.05) is 7.05 Å². The highest BCUT2D eigenvalue weighted by atomic mass is 35.5. The van der Waals surface area contributed by atoms with E-state index in [1.54, 1.807) is 18.2 Å². The fourth-order valence-corrected chi connectivity index (χ4v) is 3.27. The maximum atomic E-state index is 11.9. The molecule has 2 aromatic heterocycles. The third kappa shape index (κ3) is 1.78. The molecule has 0 saturated heterocycles. The van der Waals surface area contributed by atoms with E-state index in [1.807, 2.05) is 11.6 Å². The molecule has 0 unspecified atom stereocenters. The Morgan fingerprint density at radius 3 is 2.75 bits per heavy atom. The Morgan fingerprint density at radius 1 is 1.30 bits per heavy atom. The number of rotatable bonds is 2. The number of aromatic nitrogens is 3. The molecule has 0 aliphatic heterocycles. The maximum absolute atomic E-state index is 11.9. The number of hydrogen-bond acceptors (Lipinski definition) is 4. The zero-order valence-electron chi connectivity index (χ0n) is 10.8. The molecule has 8 heteroatoms. The van der Waals surface area contributed by atoms with Crippen LogP contribution in [0.5, 0.6) is 0 Å². The van der Waals surface area contributed by atoms with Crippen LogP contribution in [0.3, 0.4) is 0 Å². The lowest BCUT2D eigenvalue weighted by Crippen LogP contribution is -2.18. The van der Waals surface area contributed by atoms with Gasteiger partial charge in [-0.25, -0.2) is 23.1 Å². The second-order valence-corrected chi connectivity index (χ2v) is 6.55. The molecule has 0 fully saturated rings. The molecule has 3 aromatic rings. The Bertz CT molecular complexity index is 933. The summed E-state index contributed by atoms with van der Waals surface area (Å²) in [6, 6.07) is 4.87. The lowest BCUT2D eigenvalue weighted by Gasteiger charge is -2.03. The largest absolute Gasteiger partial charge is 0.340 e. The summed E-state index contributed by atoms with van der Waals surface area (Å²) in [6.45, 7) is 0. The van der Waals surface area contributed by atoms with Gasteiger partial charge >= 0.3 is 0 Å². The molecule has 6 nitrogen and oxygen atoms in total. The van der Waals surface area contributed by atoms with Gasteiger partial charge in [0.25, 0.3) is 0 Å². The molecule has 3 rings (SSSR count). The molecular weight excluding hydrogens is 300 g/mol. The van der Waals surface area contributed by atoms with Crippen LogP contribution in [0.15, 0.2) is 29.4 Å². The lowest BCUT2D eigenvalue weighted by atomic mass is 10.2. The Morgan fingerprint density at radius 2 is 2.05 bits per heavy atom. The van der Waals surface area contributed by atoms with E-state index < -0.39 is 10.0 Å². The van der Waals surface area contributed by atoms with Crippen molar-refractivity contribution in [1.82, 2.24) is 19.3 Å². The van der Waals surface area contributed by atoms with Crippen molar-refractivity contribution in [3.63, 3.8) is 0 Å². The monoisotopic (exact) mass is 310 g/mol. The molecule has 0 atom stereocenters. The average Bonchev–Trinajstić information content (AvgIpc) is 2.73. The highest BCUT2D eigenvalue weighted by Crippen LogP contribution is 2.31. The number of sulfonamides is 1. The van der Waals surface area contributed by atoms with Crippen LogP contribution >= 0.6 is 11.6 Å². The summed E-state index contributed by atoms with van der Waals surface area (Å²) < 4.78 is 27.9. The van der Waals surface area contributed by atoms with Gasteiger partial charge in [-0.1, -0.05) is 11.6 Å². The Labute approximate surface area is 120 Å². The third-order valence-electron chi connectivity index (χ3n) is 3.28. The Balaban J connectivity index is 2.47. The molecule has 0 bridgehead atoms. The number of aryl methyl sites for hydroxylation is 1. The SMILES string of the molecule is CNS(=O)(=O)c1ccc2c(c1)c1ncnc(Cl)c1n2C. The number of halogens is 1. The Hall–Kier alpha value is -1.70. The summed E-state index contributed by atoms with van der Waals surface area (Å²) in [5.41, 5.74) is 2.16. The van der Waals surface area contributed by atoms with Crippen LogP contribution in [0, 0.1) is 0 Å². The number of fused-ring (bicyclic) bond motifs is 3. The summed E-state index contributed by atoms with van der Waals surface area (Å²) in [4.78, 5) is 8.35. The number of nitrogens with zero attached hydrogens (tertiary/aromatic N) is 3. The highest BCUT2D eigenvalue weighted by molar-refractivity contribution is 7.89. The van der Waals surface area contributed by atoms with E-state index in [-0.39, 0.29) is 4.90 Å². The van der Waals surface area contributed by atoms with Gasteiger partial charge in [-0.05, 0) is 25.2 Å². The van der Waals surface area contributed by atoms with E-state index >= 15 is 0 Å². The second kappa shape index (κ2) is 4.41. The van der Waals surface area contributed by atoms with Crippen LogP contribution in [-0.4, -0.2) is 30.0 Å². The smallest absolute Gasteiger partial charge is 0.240 e. The summed E-state index contributed by atoms with van der Waals surface area (Å²) >= 11 is 6.09. The summed E-state index contributed by atoms with van der Waals surface area (Å²) in [5, 5.41) is 1.06. The molecule has 0 aliphatic carbocycles. The topological polar surface area (TPSA) is 76.9 Å². The van der Waals surface area contributed by atoms with Gasteiger partial charge < -0.3 is 4.57 Å². The van der Waals surface area contributed by atoms with Crippen molar-refractivity contribution >= 4 is 43.6 Å². The maximum Gasteiger partial charge on any atom is 0.240 e. The van der Waals surface area contributed by atoms with Crippen LogP contribution in [0.25, 0.3) is 21.9 Å². The van der Waals surface area contributed by atoms with Gasteiger partial charge in [-0.2, -0.15) is 0 Å². The average molecular weight is 311 g/mol. The molecule has 0 aliphatic rings. The first-order chi connectivity index (χ1) is 9.45. The summed E-state index contributed by atoms with van der Waals surface area (Å²) in [5.74, 6) is 0. The molecule has 20 heavy (non-hydrogen) atoms. The van der Waals surface area contributed by atoms with Crippen molar-refractivity contribution in [1.29, 1.82) is 0 Å². The van der Waals surface area contributed by atoms with E-state index in [0.29, 0.717) is 16.2 Å². The van der Waals surface area contributed by atoms with E-state index in [4.69, 9.17) is 11.6 Å². The molecule has 2 heterocycles. The predicted molar refractivity (Wildman–Crippen MR) is 77.3 cm³/mol. The van der Waals surface area contributed by atoms with Gasteiger partial charge in [0.2, 0.25) is 10.0 Å². The lowest BCUT2D eigenvalue weighted by molar-refractivity contribution is 0.588. The Kier molecular flexibility index (Phi) is 2.93. The highest BCUT2D eigenvalue weighted by Gasteiger charge is 2.17. The molecule has 0 spiro atoms. The first-order valence-corrected chi connectivity index (χ1v) is 7.64. The van der Waals surface area contributed by atoms with Gasteiger partial charge in [0, 0.05) is 12.4 Å². The van der Waals surface area contributed by atoms with E-state index in [1.165, 1.54) is 13.4 Å². The zero-order chi connectivity index (χ0) is 14.5. The van der Waals surface area contributed by atoms with Gasteiger partial charge in [-0.15, -0.1) is 0 Å². The van der Waals surface area contributed by atoms with Gasteiger partial charge in [-0.3, -0.25) is 0 Å². The van der Waals surface area contributed by atoms with E-state index in [0.717, 1.165) is 10.9 Å². The molecule has 0 radical (unpaired) electrons. The molecule has 0 saturated carbocycles. The summed E-state index contributed by atoms with van der Waals surface area (Å²) in [6.07, 6.45) is 1.36. The minimum absolute atomic E-state index is 0.190. The number of benzene rings is 1. The molecule has 1 aromatic carbocycles. The normalized spacial score (nSPS) is 12.3. The molecule has 104 valence electrons. The second-order valence-electron chi connectivity index (χ2n) is 4.31. The zero-order valence-corrected chi connectivity index (χ0v) is 12.3. The fraction of sp³-hybridized carbons (Fsp3) is 0.167. The van der Waals surface area contributed by atoms with Crippen molar-refractivity contribution in [2.45, 2.75) is 4.90 Å². The fourth-order valence-electron chi connectivity index (χ4n) is 2.25.